The maximum Gasteiger partial charge on any atom is 0.264 e. The molecule has 1 N–H and O–H groups in total. The molecule has 28 heavy (non-hydrogen) atoms. The van der Waals surface area contributed by atoms with Gasteiger partial charge in [0.15, 0.2) is 11.7 Å². The number of aromatic nitrogens is 1. The quantitative estimate of drug-likeness (QED) is 0.506. The van der Waals surface area contributed by atoms with Crippen molar-refractivity contribution in [1.82, 2.24) is 4.98 Å². The normalized spacial score (nSPS) is 11.3. The molecule has 146 valence electrons. The molecule has 0 bridgehead atoms. The maximum atomic E-state index is 12.1. The highest BCUT2D eigenvalue weighted by Gasteiger charge is 2.13. The van der Waals surface area contributed by atoms with Crippen molar-refractivity contribution >= 4 is 38.3 Å². The number of hydrogen-bond acceptors (Lipinski definition) is 4. The van der Waals surface area contributed by atoms with Gasteiger partial charge in [-0.2, -0.15) is 0 Å². The minimum Gasteiger partial charge on any atom is -0.484 e. The predicted octanol–water partition coefficient (Wildman–Crippen LogP) is 5.81. The van der Waals surface area contributed by atoms with Crippen LogP contribution in [0.3, 0.4) is 0 Å². The molecule has 0 saturated heterocycles. The summed E-state index contributed by atoms with van der Waals surface area (Å²) in [5, 5.41) is 3.39. The zero-order valence-electron chi connectivity index (χ0n) is 16.2. The highest BCUT2D eigenvalue weighted by Crippen LogP contribution is 2.25. The summed E-state index contributed by atoms with van der Waals surface area (Å²) in [6.45, 7) is 6.44. The summed E-state index contributed by atoms with van der Waals surface area (Å²) in [4.78, 5) is 17.5. The third-order valence-electron chi connectivity index (χ3n) is 4.18. The van der Waals surface area contributed by atoms with Gasteiger partial charge in [-0.3, -0.25) is 10.1 Å². The average Bonchev–Trinajstić information content (AvgIpc) is 3.08. The van der Waals surface area contributed by atoms with Gasteiger partial charge in [0.2, 0.25) is 0 Å². The first kappa shape index (κ1) is 20.6. The van der Waals surface area contributed by atoms with Crippen molar-refractivity contribution in [3.8, 4) is 5.75 Å². The molecule has 0 aliphatic carbocycles. The van der Waals surface area contributed by atoms with E-state index in [-0.39, 0.29) is 17.9 Å². The highest BCUT2D eigenvalue weighted by molar-refractivity contribution is 9.10. The molecule has 0 aliphatic heterocycles. The van der Waals surface area contributed by atoms with Gasteiger partial charge in [-0.05, 0) is 40.8 Å². The fraction of sp³-hybridized carbons (Fsp3) is 0.273. The Labute approximate surface area is 178 Å². The average molecular weight is 459 g/mol. The predicted molar refractivity (Wildman–Crippen MR) is 118 cm³/mol. The fourth-order valence-electron chi connectivity index (χ4n) is 2.61. The van der Waals surface area contributed by atoms with E-state index in [9.17, 15) is 4.79 Å². The van der Waals surface area contributed by atoms with Gasteiger partial charge in [0.1, 0.15) is 5.75 Å². The highest BCUT2D eigenvalue weighted by atomic mass is 79.9. The zero-order valence-corrected chi connectivity index (χ0v) is 18.6. The number of benzene rings is 2. The number of carbonyl (C=O) groups is 1. The van der Waals surface area contributed by atoms with Crippen LogP contribution >= 0.6 is 27.3 Å². The van der Waals surface area contributed by atoms with Gasteiger partial charge in [0.25, 0.3) is 5.91 Å². The van der Waals surface area contributed by atoms with Crippen molar-refractivity contribution in [2.45, 2.75) is 32.6 Å². The number of nitrogens with zero attached hydrogens (tertiary/aromatic N) is 1. The fourth-order valence-corrected chi connectivity index (χ4v) is 3.73. The monoisotopic (exact) mass is 458 g/mol. The lowest BCUT2D eigenvalue weighted by Gasteiger charge is -2.19. The Morgan fingerprint density at radius 1 is 1.11 bits per heavy atom. The minimum absolute atomic E-state index is 0.0451. The summed E-state index contributed by atoms with van der Waals surface area (Å²) in [5.74, 6) is 0.461. The molecule has 2 aromatic carbocycles. The van der Waals surface area contributed by atoms with E-state index in [1.54, 1.807) is 6.20 Å². The number of hydrogen-bond donors (Lipinski definition) is 1. The molecule has 0 atom stereocenters. The van der Waals surface area contributed by atoms with Crippen molar-refractivity contribution in [3.63, 3.8) is 0 Å². The summed E-state index contributed by atoms with van der Waals surface area (Å²) >= 11 is 4.91. The molecule has 0 unspecified atom stereocenters. The number of carbonyl (C=O) groups excluding carboxylic acids is 1. The molecule has 6 heteroatoms. The van der Waals surface area contributed by atoms with Crippen LogP contribution in [0.2, 0.25) is 0 Å². The van der Waals surface area contributed by atoms with Gasteiger partial charge in [0, 0.05) is 22.0 Å². The number of amides is 1. The number of halogens is 1. The van der Waals surface area contributed by atoms with Crippen molar-refractivity contribution in [2.24, 2.45) is 0 Å². The van der Waals surface area contributed by atoms with E-state index in [1.807, 2.05) is 36.4 Å². The first-order chi connectivity index (χ1) is 13.3. The van der Waals surface area contributed by atoms with Gasteiger partial charge < -0.3 is 4.74 Å². The largest absolute Gasteiger partial charge is 0.484 e. The molecule has 3 aromatic rings. The molecule has 0 spiro atoms. The molecule has 1 heterocycles. The van der Waals surface area contributed by atoms with Crippen LogP contribution in [-0.2, 0) is 16.6 Å². The molecule has 0 fully saturated rings. The number of rotatable bonds is 6. The summed E-state index contributed by atoms with van der Waals surface area (Å²) < 4.78 is 6.64. The lowest BCUT2D eigenvalue weighted by molar-refractivity contribution is -0.118. The van der Waals surface area contributed by atoms with Crippen molar-refractivity contribution in [2.75, 3.05) is 11.9 Å². The number of anilines is 1. The zero-order chi connectivity index (χ0) is 20.1. The molecule has 1 amide bonds. The van der Waals surface area contributed by atoms with E-state index in [4.69, 9.17) is 4.74 Å². The Balaban J connectivity index is 1.50. The topological polar surface area (TPSA) is 51.2 Å². The van der Waals surface area contributed by atoms with Crippen molar-refractivity contribution in [1.29, 1.82) is 0 Å². The van der Waals surface area contributed by atoms with E-state index in [1.165, 1.54) is 22.5 Å². The summed E-state index contributed by atoms with van der Waals surface area (Å²) in [7, 11) is 0. The van der Waals surface area contributed by atoms with Crippen molar-refractivity contribution in [3.05, 3.63) is 75.2 Å². The Morgan fingerprint density at radius 2 is 1.79 bits per heavy atom. The van der Waals surface area contributed by atoms with Crippen LogP contribution in [0, 0.1) is 0 Å². The molecule has 3 rings (SSSR count). The van der Waals surface area contributed by atoms with Gasteiger partial charge in [-0.15, -0.1) is 11.3 Å². The summed E-state index contributed by atoms with van der Waals surface area (Å²) in [6.07, 6.45) is 2.59. The first-order valence-corrected chi connectivity index (χ1v) is 10.6. The molecule has 4 nitrogen and oxygen atoms in total. The minimum atomic E-state index is -0.218. The Kier molecular flexibility index (Phi) is 6.52. The maximum absolute atomic E-state index is 12.1. The Hall–Kier alpha value is -2.18. The van der Waals surface area contributed by atoms with Gasteiger partial charge in [-0.1, -0.05) is 61.0 Å². The van der Waals surface area contributed by atoms with E-state index in [0.717, 1.165) is 15.8 Å². The number of ether oxygens (including phenoxy) is 1. The molecule has 0 aliphatic rings. The van der Waals surface area contributed by atoms with Gasteiger partial charge >= 0.3 is 0 Å². The second-order valence-corrected chi connectivity index (χ2v) is 9.58. The van der Waals surface area contributed by atoms with E-state index in [0.29, 0.717) is 10.9 Å². The Morgan fingerprint density at radius 3 is 2.43 bits per heavy atom. The van der Waals surface area contributed by atoms with Crippen LogP contribution in [0.1, 0.15) is 36.8 Å². The standard InChI is InChI=1S/C22H23BrN2O2S/c1-22(2,3)16-6-10-18(11-7-16)27-14-20(26)25-21-24-13-19(28-21)12-15-4-8-17(23)9-5-15/h4-11,13H,12,14H2,1-3H3,(H,24,25,26). The lowest BCUT2D eigenvalue weighted by atomic mass is 9.87. The van der Waals surface area contributed by atoms with Crippen LogP contribution in [0.25, 0.3) is 0 Å². The molecule has 0 radical (unpaired) electrons. The third kappa shape index (κ3) is 5.91. The van der Waals surface area contributed by atoms with E-state index in [2.05, 4.69) is 59.1 Å². The van der Waals surface area contributed by atoms with Crippen LogP contribution < -0.4 is 10.1 Å². The lowest BCUT2D eigenvalue weighted by Crippen LogP contribution is -2.20. The molecule has 1 aromatic heterocycles. The van der Waals surface area contributed by atoms with Crippen molar-refractivity contribution < 1.29 is 9.53 Å². The van der Waals surface area contributed by atoms with Crippen LogP contribution in [-0.4, -0.2) is 17.5 Å². The second kappa shape index (κ2) is 8.88. The van der Waals surface area contributed by atoms with Gasteiger partial charge in [-0.25, -0.2) is 4.98 Å². The third-order valence-corrected chi connectivity index (χ3v) is 5.62. The van der Waals surface area contributed by atoms with Gasteiger partial charge in [0.05, 0.1) is 0 Å². The molecular formula is C22H23BrN2O2S. The van der Waals surface area contributed by atoms with Crippen LogP contribution in [0.4, 0.5) is 5.13 Å². The molecular weight excluding hydrogens is 436 g/mol. The van der Waals surface area contributed by atoms with Crippen LogP contribution in [0.15, 0.2) is 59.2 Å². The summed E-state index contributed by atoms with van der Waals surface area (Å²) in [5.41, 5.74) is 2.52. The molecule has 0 saturated carbocycles. The second-order valence-electron chi connectivity index (χ2n) is 7.55. The Bertz CT molecular complexity index is 928. The van der Waals surface area contributed by atoms with Crippen LogP contribution in [0.5, 0.6) is 5.75 Å². The smallest absolute Gasteiger partial charge is 0.264 e. The SMILES string of the molecule is CC(C)(C)c1ccc(OCC(=O)Nc2ncc(Cc3ccc(Br)cc3)s2)cc1. The number of thiazole rings is 1. The van der Waals surface area contributed by atoms with E-state index >= 15 is 0 Å². The summed E-state index contributed by atoms with van der Waals surface area (Å²) in [6, 6.07) is 16.0. The van der Waals surface area contributed by atoms with E-state index < -0.39 is 0 Å². The first-order valence-electron chi connectivity index (χ1n) is 9.02. The number of nitrogens with one attached hydrogen (secondary N) is 1.